The van der Waals surface area contributed by atoms with Crippen molar-refractivity contribution in [3.8, 4) is 6.07 Å². The summed E-state index contributed by atoms with van der Waals surface area (Å²) in [5, 5.41) is 8.72. The highest BCUT2D eigenvalue weighted by atomic mass is 19.4. The summed E-state index contributed by atoms with van der Waals surface area (Å²) in [6, 6.07) is 2.12. The highest BCUT2D eigenvalue weighted by molar-refractivity contribution is 5.79. The van der Waals surface area contributed by atoms with Gasteiger partial charge in [-0.25, -0.2) is 0 Å². The molecule has 4 nitrogen and oxygen atoms in total. The number of carbonyl (C=O) groups excluding carboxylic acids is 1. The third-order valence-electron chi connectivity index (χ3n) is 3.88. The third kappa shape index (κ3) is 5.54. The number of nitrogens with zero attached hydrogens (tertiary/aromatic N) is 3. The summed E-state index contributed by atoms with van der Waals surface area (Å²) in [7, 11) is 0. The van der Waals surface area contributed by atoms with Crippen molar-refractivity contribution in [1.29, 1.82) is 5.26 Å². The summed E-state index contributed by atoms with van der Waals surface area (Å²) in [5.74, 6) is -0.828. The SMILES string of the molecule is CCN(CC(F)(F)F)C(=O)[C@@H]1CCCN([C@H](C)CC#N)C1. The average Bonchev–Trinajstić information content (AvgIpc) is 2.43. The van der Waals surface area contributed by atoms with Crippen molar-refractivity contribution in [2.24, 2.45) is 5.92 Å². The smallest absolute Gasteiger partial charge is 0.334 e. The molecule has 0 bridgehead atoms. The Morgan fingerprint density at radius 3 is 2.71 bits per heavy atom. The predicted octanol–water partition coefficient (Wildman–Crippen LogP) is 2.41. The van der Waals surface area contributed by atoms with E-state index in [1.54, 1.807) is 6.92 Å². The fraction of sp³-hybridized carbons (Fsp3) is 0.857. The Bertz CT molecular complexity index is 392. The molecule has 1 rings (SSSR count). The summed E-state index contributed by atoms with van der Waals surface area (Å²) in [4.78, 5) is 15.2. The highest BCUT2D eigenvalue weighted by Crippen LogP contribution is 2.23. The van der Waals surface area contributed by atoms with E-state index in [0.717, 1.165) is 17.9 Å². The summed E-state index contributed by atoms with van der Waals surface area (Å²) >= 11 is 0. The van der Waals surface area contributed by atoms with E-state index in [1.807, 2.05) is 11.8 Å². The number of rotatable bonds is 5. The lowest BCUT2D eigenvalue weighted by Crippen LogP contribution is -2.49. The molecule has 0 N–H and O–H groups in total. The molecule has 1 aliphatic heterocycles. The highest BCUT2D eigenvalue weighted by Gasteiger charge is 2.36. The second-order valence-electron chi connectivity index (χ2n) is 5.51. The van der Waals surface area contributed by atoms with Gasteiger partial charge in [-0.3, -0.25) is 9.69 Å². The van der Waals surface area contributed by atoms with Crippen LogP contribution in [0.4, 0.5) is 13.2 Å². The zero-order valence-electron chi connectivity index (χ0n) is 12.5. The Kier molecular flexibility index (Phi) is 6.46. The molecule has 2 atom stereocenters. The van der Waals surface area contributed by atoms with Crippen LogP contribution in [-0.2, 0) is 4.79 Å². The van der Waals surface area contributed by atoms with Crippen molar-refractivity contribution in [1.82, 2.24) is 9.80 Å². The molecule has 0 unspecified atom stereocenters. The first-order valence-corrected chi connectivity index (χ1v) is 7.25. The lowest BCUT2D eigenvalue weighted by Gasteiger charge is -2.37. The van der Waals surface area contributed by atoms with Crippen LogP contribution in [-0.4, -0.2) is 54.1 Å². The van der Waals surface area contributed by atoms with E-state index in [2.05, 4.69) is 6.07 Å². The fourth-order valence-corrected chi connectivity index (χ4v) is 2.69. The van der Waals surface area contributed by atoms with Gasteiger partial charge in [-0.15, -0.1) is 0 Å². The minimum atomic E-state index is -4.37. The predicted molar refractivity (Wildman–Crippen MR) is 72.3 cm³/mol. The largest absolute Gasteiger partial charge is 0.406 e. The molecule has 1 saturated heterocycles. The van der Waals surface area contributed by atoms with Crippen LogP contribution in [0, 0.1) is 17.2 Å². The van der Waals surface area contributed by atoms with Gasteiger partial charge in [0, 0.05) is 19.1 Å². The Morgan fingerprint density at radius 1 is 1.52 bits per heavy atom. The first-order chi connectivity index (χ1) is 9.78. The second-order valence-corrected chi connectivity index (χ2v) is 5.51. The number of nitriles is 1. The van der Waals surface area contributed by atoms with Gasteiger partial charge in [-0.1, -0.05) is 0 Å². The summed E-state index contributed by atoms with van der Waals surface area (Å²) in [6.45, 7) is 3.56. The monoisotopic (exact) mass is 305 g/mol. The number of amides is 1. The molecule has 0 aromatic carbocycles. The number of likely N-dealkylation sites (tertiary alicyclic amines) is 1. The van der Waals surface area contributed by atoms with Crippen molar-refractivity contribution in [2.45, 2.75) is 45.3 Å². The Hall–Kier alpha value is -1.29. The van der Waals surface area contributed by atoms with Gasteiger partial charge in [-0.2, -0.15) is 18.4 Å². The van der Waals surface area contributed by atoms with Crippen molar-refractivity contribution in [3.05, 3.63) is 0 Å². The normalized spacial score (nSPS) is 21.6. The van der Waals surface area contributed by atoms with Gasteiger partial charge in [0.15, 0.2) is 0 Å². The number of hydrogen-bond acceptors (Lipinski definition) is 3. The molecule has 1 heterocycles. The standard InChI is InChI=1S/C14H22F3N3O/c1-3-19(10-14(15,16)17)13(21)12-5-4-8-20(9-12)11(2)6-7-18/h11-12H,3-6,8-10H2,1-2H3/t11-,12-/m1/s1. The van der Waals surface area contributed by atoms with Gasteiger partial charge in [0.1, 0.15) is 6.54 Å². The molecule has 0 saturated carbocycles. The molecular formula is C14H22F3N3O. The average molecular weight is 305 g/mol. The molecule has 1 aliphatic rings. The van der Waals surface area contributed by atoms with Crippen molar-refractivity contribution < 1.29 is 18.0 Å². The maximum Gasteiger partial charge on any atom is 0.406 e. The molecule has 0 spiro atoms. The number of alkyl halides is 3. The molecule has 0 aromatic rings. The Morgan fingerprint density at radius 2 is 2.19 bits per heavy atom. The van der Waals surface area contributed by atoms with Gasteiger partial charge in [0.25, 0.3) is 0 Å². The molecule has 120 valence electrons. The Balaban J connectivity index is 2.66. The summed E-state index contributed by atoms with van der Waals surface area (Å²) < 4.78 is 37.5. The van der Waals surface area contributed by atoms with Gasteiger partial charge < -0.3 is 4.90 Å². The van der Waals surface area contributed by atoms with Crippen LogP contribution in [0.25, 0.3) is 0 Å². The zero-order valence-corrected chi connectivity index (χ0v) is 12.5. The molecule has 0 radical (unpaired) electrons. The minimum Gasteiger partial charge on any atom is -0.334 e. The van der Waals surface area contributed by atoms with E-state index in [-0.39, 0.29) is 12.6 Å². The van der Waals surface area contributed by atoms with Crippen LogP contribution in [0.15, 0.2) is 0 Å². The van der Waals surface area contributed by atoms with E-state index >= 15 is 0 Å². The lowest BCUT2D eigenvalue weighted by molar-refractivity contribution is -0.164. The van der Waals surface area contributed by atoms with Crippen molar-refractivity contribution >= 4 is 5.91 Å². The lowest BCUT2D eigenvalue weighted by atomic mass is 9.95. The van der Waals surface area contributed by atoms with Crippen LogP contribution in [0.3, 0.4) is 0 Å². The van der Waals surface area contributed by atoms with E-state index in [1.165, 1.54) is 0 Å². The maximum atomic E-state index is 12.5. The van der Waals surface area contributed by atoms with Crippen LogP contribution in [0.5, 0.6) is 0 Å². The van der Waals surface area contributed by atoms with Crippen molar-refractivity contribution in [3.63, 3.8) is 0 Å². The Labute approximate surface area is 123 Å². The first-order valence-electron chi connectivity index (χ1n) is 7.25. The molecule has 21 heavy (non-hydrogen) atoms. The summed E-state index contributed by atoms with van der Waals surface area (Å²) in [6.07, 6.45) is -2.62. The van der Waals surface area contributed by atoms with Gasteiger partial charge in [0.05, 0.1) is 18.4 Å². The second kappa shape index (κ2) is 7.64. The number of halogens is 3. The molecule has 1 amide bonds. The molecule has 7 heteroatoms. The summed E-state index contributed by atoms with van der Waals surface area (Å²) in [5.41, 5.74) is 0. The molecule has 0 aromatic heterocycles. The number of piperidine rings is 1. The van der Waals surface area contributed by atoms with Crippen LogP contribution < -0.4 is 0 Å². The van der Waals surface area contributed by atoms with E-state index in [4.69, 9.17) is 5.26 Å². The zero-order chi connectivity index (χ0) is 16.0. The van der Waals surface area contributed by atoms with Crippen molar-refractivity contribution in [2.75, 3.05) is 26.2 Å². The van der Waals surface area contributed by atoms with Gasteiger partial charge >= 0.3 is 6.18 Å². The molecule has 0 aliphatic carbocycles. The van der Waals surface area contributed by atoms with E-state index in [9.17, 15) is 18.0 Å². The van der Waals surface area contributed by atoms with E-state index in [0.29, 0.717) is 19.4 Å². The molecular weight excluding hydrogens is 283 g/mol. The first kappa shape index (κ1) is 17.8. The van der Waals surface area contributed by atoms with Gasteiger partial charge in [0.2, 0.25) is 5.91 Å². The topological polar surface area (TPSA) is 47.3 Å². The minimum absolute atomic E-state index is 0.0308. The maximum absolute atomic E-state index is 12.5. The van der Waals surface area contributed by atoms with Crippen LogP contribution in [0.2, 0.25) is 0 Å². The number of carbonyl (C=O) groups is 1. The quantitative estimate of drug-likeness (QED) is 0.783. The fourth-order valence-electron chi connectivity index (χ4n) is 2.69. The van der Waals surface area contributed by atoms with E-state index < -0.39 is 24.5 Å². The molecule has 1 fully saturated rings. The third-order valence-corrected chi connectivity index (χ3v) is 3.88. The number of hydrogen-bond donors (Lipinski definition) is 0. The van der Waals surface area contributed by atoms with Crippen LogP contribution >= 0.6 is 0 Å². The van der Waals surface area contributed by atoms with Gasteiger partial charge in [-0.05, 0) is 33.2 Å². The van der Waals surface area contributed by atoms with Crippen LogP contribution in [0.1, 0.15) is 33.1 Å².